The molecule has 1 aromatic rings. The molecule has 122 valence electrons. The van der Waals surface area contributed by atoms with Crippen LogP contribution >= 0.6 is 11.6 Å². The van der Waals surface area contributed by atoms with E-state index >= 15 is 0 Å². The Morgan fingerprint density at radius 1 is 1.41 bits per heavy atom. The van der Waals surface area contributed by atoms with Gasteiger partial charge in [0.05, 0.1) is 11.6 Å². The number of rotatable bonds is 4. The average molecular weight is 346 g/mol. The molecule has 1 unspecified atom stereocenters. The van der Waals surface area contributed by atoms with Crippen LogP contribution in [0.1, 0.15) is 31.7 Å². The molecule has 0 aliphatic carbocycles. The Balaban J connectivity index is 2.38. The molecule has 0 amide bonds. The van der Waals surface area contributed by atoms with Gasteiger partial charge in [-0.05, 0) is 50.8 Å². The van der Waals surface area contributed by atoms with Gasteiger partial charge in [-0.2, -0.15) is 4.31 Å². The molecule has 1 aliphatic rings. The molecule has 1 aliphatic heterocycles. The van der Waals surface area contributed by atoms with E-state index in [2.05, 4.69) is 0 Å². The van der Waals surface area contributed by atoms with Crippen LogP contribution in [0.4, 0.5) is 0 Å². The number of ether oxygens (including phenoxy) is 1. The third kappa shape index (κ3) is 3.45. The van der Waals surface area contributed by atoms with Crippen LogP contribution in [0.15, 0.2) is 23.1 Å². The first-order valence-corrected chi connectivity index (χ1v) is 9.14. The van der Waals surface area contributed by atoms with Gasteiger partial charge in [0.1, 0.15) is 10.9 Å². The van der Waals surface area contributed by atoms with Gasteiger partial charge in [0.2, 0.25) is 10.0 Å². The molecule has 5 nitrogen and oxygen atoms in total. The number of carbonyl (C=O) groups is 1. The lowest BCUT2D eigenvalue weighted by Crippen LogP contribution is -2.48. The Kier molecular flexibility index (Phi) is 5.47. The third-order valence-corrected chi connectivity index (χ3v) is 6.08. The normalized spacial score (nSPS) is 19.9. The fourth-order valence-electron chi connectivity index (χ4n) is 2.61. The lowest BCUT2D eigenvalue weighted by molar-refractivity contribution is -0.148. The van der Waals surface area contributed by atoms with Gasteiger partial charge in [0.25, 0.3) is 0 Å². The Bertz CT molecular complexity index is 660. The third-order valence-electron chi connectivity index (χ3n) is 3.69. The molecule has 7 heteroatoms. The van der Waals surface area contributed by atoms with Crippen LogP contribution in [0.2, 0.25) is 5.02 Å². The van der Waals surface area contributed by atoms with Gasteiger partial charge in [-0.25, -0.2) is 8.42 Å². The van der Waals surface area contributed by atoms with Crippen molar-refractivity contribution in [2.75, 3.05) is 13.2 Å². The van der Waals surface area contributed by atoms with E-state index in [4.69, 9.17) is 16.3 Å². The van der Waals surface area contributed by atoms with Crippen molar-refractivity contribution in [3.8, 4) is 0 Å². The second-order valence-electron chi connectivity index (χ2n) is 5.31. The highest BCUT2D eigenvalue weighted by atomic mass is 35.5. The van der Waals surface area contributed by atoms with E-state index in [9.17, 15) is 13.2 Å². The summed E-state index contributed by atoms with van der Waals surface area (Å²) in [5.74, 6) is -0.492. The molecule has 0 aromatic heterocycles. The van der Waals surface area contributed by atoms with Crippen molar-refractivity contribution in [1.29, 1.82) is 0 Å². The monoisotopic (exact) mass is 345 g/mol. The second kappa shape index (κ2) is 6.98. The number of hydrogen-bond donors (Lipinski definition) is 0. The number of benzene rings is 1. The summed E-state index contributed by atoms with van der Waals surface area (Å²) in [7, 11) is -3.82. The van der Waals surface area contributed by atoms with E-state index in [0.29, 0.717) is 13.0 Å². The molecule has 1 atom stereocenters. The summed E-state index contributed by atoms with van der Waals surface area (Å²) in [6, 6.07) is 4.03. The quantitative estimate of drug-likeness (QED) is 0.787. The number of sulfonamides is 1. The van der Waals surface area contributed by atoms with Crippen molar-refractivity contribution < 1.29 is 17.9 Å². The zero-order valence-electron chi connectivity index (χ0n) is 12.7. The van der Waals surface area contributed by atoms with E-state index in [0.717, 1.165) is 18.4 Å². The van der Waals surface area contributed by atoms with Crippen LogP contribution in [-0.4, -0.2) is 37.9 Å². The largest absolute Gasteiger partial charge is 0.465 e. The van der Waals surface area contributed by atoms with Crippen molar-refractivity contribution in [3.05, 3.63) is 28.8 Å². The summed E-state index contributed by atoms with van der Waals surface area (Å²) >= 11 is 6.10. The summed E-state index contributed by atoms with van der Waals surface area (Å²) in [5.41, 5.74) is 0.879. The topological polar surface area (TPSA) is 63.7 Å². The zero-order chi connectivity index (χ0) is 16.3. The van der Waals surface area contributed by atoms with E-state index in [1.807, 2.05) is 6.92 Å². The first-order valence-electron chi connectivity index (χ1n) is 7.32. The van der Waals surface area contributed by atoms with Crippen LogP contribution in [-0.2, 0) is 19.6 Å². The predicted molar refractivity (Wildman–Crippen MR) is 84.4 cm³/mol. The summed E-state index contributed by atoms with van der Waals surface area (Å²) in [6.07, 6.45) is 2.00. The minimum atomic E-state index is -3.82. The first kappa shape index (κ1) is 17.2. The molecule has 22 heavy (non-hydrogen) atoms. The summed E-state index contributed by atoms with van der Waals surface area (Å²) in [5, 5.41) is 0.174. The van der Waals surface area contributed by atoms with E-state index in [-0.39, 0.29) is 16.5 Å². The van der Waals surface area contributed by atoms with Gasteiger partial charge in [-0.15, -0.1) is 0 Å². The number of hydrogen-bond acceptors (Lipinski definition) is 4. The maximum absolute atomic E-state index is 12.9. The number of piperidine rings is 1. The van der Waals surface area contributed by atoms with E-state index < -0.39 is 22.0 Å². The summed E-state index contributed by atoms with van der Waals surface area (Å²) in [4.78, 5) is 12.1. The lowest BCUT2D eigenvalue weighted by Gasteiger charge is -2.33. The predicted octanol–water partition coefficient (Wildman–Crippen LogP) is 2.75. The van der Waals surface area contributed by atoms with E-state index in [1.54, 1.807) is 19.1 Å². The SMILES string of the molecule is CCOC(=O)C1CCCCN1S(=O)(=O)c1ccc(C)cc1Cl. The summed E-state index contributed by atoms with van der Waals surface area (Å²) in [6.45, 7) is 4.07. The molecule has 0 N–H and O–H groups in total. The molecule has 0 saturated carbocycles. The molecule has 0 bridgehead atoms. The molecule has 1 fully saturated rings. The standard InChI is InChI=1S/C15H20ClNO4S/c1-3-21-15(18)13-6-4-5-9-17(13)22(19,20)14-8-7-11(2)10-12(14)16/h7-8,10,13H,3-6,9H2,1-2H3. The van der Waals surface area contributed by atoms with Crippen LogP contribution in [0, 0.1) is 6.92 Å². The van der Waals surface area contributed by atoms with Crippen LogP contribution in [0.5, 0.6) is 0 Å². The second-order valence-corrected chi connectivity index (χ2v) is 7.58. The Morgan fingerprint density at radius 3 is 2.77 bits per heavy atom. The highest BCUT2D eigenvalue weighted by molar-refractivity contribution is 7.89. The van der Waals surface area contributed by atoms with Crippen LogP contribution < -0.4 is 0 Å². The number of halogens is 1. The van der Waals surface area contributed by atoms with Gasteiger partial charge < -0.3 is 4.74 Å². The van der Waals surface area contributed by atoms with Crippen molar-refractivity contribution in [2.24, 2.45) is 0 Å². The Morgan fingerprint density at radius 2 is 2.14 bits per heavy atom. The van der Waals surface area contributed by atoms with Gasteiger partial charge >= 0.3 is 5.97 Å². The zero-order valence-corrected chi connectivity index (χ0v) is 14.3. The van der Waals surface area contributed by atoms with Gasteiger partial charge in [-0.3, -0.25) is 4.79 Å². The van der Waals surface area contributed by atoms with Gasteiger partial charge in [0.15, 0.2) is 0 Å². The number of aryl methyl sites for hydroxylation is 1. The maximum atomic E-state index is 12.9. The van der Waals surface area contributed by atoms with Gasteiger partial charge in [-0.1, -0.05) is 17.7 Å². The van der Waals surface area contributed by atoms with E-state index in [1.165, 1.54) is 10.4 Å². The smallest absolute Gasteiger partial charge is 0.324 e. The van der Waals surface area contributed by atoms with Crippen molar-refractivity contribution >= 4 is 27.6 Å². The number of nitrogens with zero attached hydrogens (tertiary/aromatic N) is 1. The highest BCUT2D eigenvalue weighted by Crippen LogP contribution is 2.30. The summed E-state index contributed by atoms with van der Waals surface area (Å²) < 4.78 is 32.0. The molecule has 1 aromatic carbocycles. The Labute approximate surface area is 136 Å². The molecular weight excluding hydrogens is 326 g/mol. The maximum Gasteiger partial charge on any atom is 0.324 e. The molecule has 2 rings (SSSR count). The number of esters is 1. The molecular formula is C15H20ClNO4S. The average Bonchev–Trinajstić information content (AvgIpc) is 2.47. The highest BCUT2D eigenvalue weighted by Gasteiger charge is 2.39. The molecule has 0 spiro atoms. The Hall–Kier alpha value is -1.11. The van der Waals surface area contributed by atoms with Crippen molar-refractivity contribution in [1.82, 2.24) is 4.31 Å². The minimum absolute atomic E-state index is 0.0379. The van der Waals surface area contributed by atoms with Crippen molar-refractivity contribution in [2.45, 2.75) is 44.0 Å². The van der Waals surface area contributed by atoms with Crippen molar-refractivity contribution in [3.63, 3.8) is 0 Å². The molecule has 1 heterocycles. The van der Waals surface area contributed by atoms with Crippen LogP contribution in [0.3, 0.4) is 0 Å². The molecule has 0 radical (unpaired) electrons. The minimum Gasteiger partial charge on any atom is -0.465 e. The fraction of sp³-hybridized carbons (Fsp3) is 0.533. The molecule has 1 saturated heterocycles. The van der Waals surface area contributed by atoms with Gasteiger partial charge in [0, 0.05) is 6.54 Å². The lowest BCUT2D eigenvalue weighted by atomic mass is 10.1. The number of carbonyl (C=O) groups excluding carboxylic acids is 1. The van der Waals surface area contributed by atoms with Crippen LogP contribution in [0.25, 0.3) is 0 Å². The first-order chi connectivity index (χ1) is 10.4. The fourth-order valence-corrected chi connectivity index (χ4v) is 4.83.